The summed E-state index contributed by atoms with van der Waals surface area (Å²) in [6, 6.07) is 0. The number of thioether (sulfide) groups is 1. The summed E-state index contributed by atoms with van der Waals surface area (Å²) in [6.45, 7) is 2.49. The maximum absolute atomic E-state index is 10.1. The lowest BCUT2D eigenvalue weighted by atomic mass is 10.0. The first-order valence-corrected chi connectivity index (χ1v) is 6.76. The molecule has 0 spiro atoms. The van der Waals surface area contributed by atoms with Gasteiger partial charge in [0.1, 0.15) is 0 Å². The van der Waals surface area contributed by atoms with Gasteiger partial charge in [-0.2, -0.15) is 11.8 Å². The molecule has 0 aromatic carbocycles. The molecule has 1 atom stereocenters. The smallest absolute Gasteiger partial charge is 0.191 e. The van der Waals surface area contributed by atoms with Gasteiger partial charge in [0.05, 0.1) is 5.60 Å². The van der Waals surface area contributed by atoms with E-state index < -0.39 is 5.60 Å². The highest BCUT2D eigenvalue weighted by molar-refractivity contribution is 8.93. The fourth-order valence-electron chi connectivity index (χ4n) is 1.79. The third-order valence-electron chi connectivity index (χ3n) is 2.81. The minimum atomic E-state index is -0.527. The van der Waals surface area contributed by atoms with E-state index in [4.69, 9.17) is 0 Å². The Morgan fingerprint density at radius 3 is 3.12 bits per heavy atom. The van der Waals surface area contributed by atoms with Gasteiger partial charge < -0.3 is 15.7 Å². The van der Waals surface area contributed by atoms with Gasteiger partial charge >= 0.3 is 0 Å². The van der Waals surface area contributed by atoms with Crippen LogP contribution in [-0.2, 0) is 0 Å². The first kappa shape index (κ1) is 14.1. The van der Waals surface area contributed by atoms with Gasteiger partial charge in [0.15, 0.2) is 5.96 Å². The van der Waals surface area contributed by atoms with Gasteiger partial charge in [-0.15, -0.1) is 17.0 Å². The van der Waals surface area contributed by atoms with E-state index in [9.17, 15) is 5.11 Å². The molecule has 0 saturated carbocycles. The van der Waals surface area contributed by atoms with E-state index in [0.29, 0.717) is 6.54 Å². The number of nitrogens with one attached hydrogen (secondary N) is 2. The molecular formula is C10H20BrN3OS. The molecule has 1 fully saturated rings. The number of hydrogen-bond acceptors (Lipinski definition) is 5. The van der Waals surface area contributed by atoms with E-state index in [1.165, 1.54) is 6.42 Å². The first-order valence-electron chi connectivity index (χ1n) is 5.61. The molecule has 0 radical (unpaired) electrons. The van der Waals surface area contributed by atoms with Crippen LogP contribution in [0.2, 0.25) is 0 Å². The maximum atomic E-state index is 10.1. The highest BCUT2D eigenvalue weighted by atomic mass is 79.9. The molecule has 2 aliphatic heterocycles. The van der Waals surface area contributed by atoms with E-state index in [2.05, 4.69) is 15.6 Å². The third-order valence-corrected chi connectivity index (χ3v) is 4.05. The summed E-state index contributed by atoms with van der Waals surface area (Å²) in [5.41, 5.74) is -0.527. The summed E-state index contributed by atoms with van der Waals surface area (Å²) < 4.78 is 0. The van der Waals surface area contributed by atoms with Crippen LogP contribution >= 0.6 is 28.7 Å². The third kappa shape index (κ3) is 4.14. The van der Waals surface area contributed by atoms with E-state index in [1.54, 1.807) is 0 Å². The fourth-order valence-corrected chi connectivity index (χ4v) is 3.09. The van der Waals surface area contributed by atoms with E-state index in [1.807, 2.05) is 11.8 Å². The lowest BCUT2D eigenvalue weighted by molar-refractivity contribution is 0.0724. The van der Waals surface area contributed by atoms with Crippen LogP contribution in [0.4, 0.5) is 0 Å². The van der Waals surface area contributed by atoms with Crippen molar-refractivity contribution >= 4 is 34.7 Å². The van der Waals surface area contributed by atoms with Crippen LogP contribution in [0.3, 0.4) is 0 Å². The monoisotopic (exact) mass is 309 g/mol. The summed E-state index contributed by atoms with van der Waals surface area (Å²) in [5.74, 6) is 2.77. The lowest BCUT2D eigenvalue weighted by Gasteiger charge is -2.22. The molecule has 0 bridgehead atoms. The predicted octanol–water partition coefficient (Wildman–Crippen LogP) is 0.761. The van der Waals surface area contributed by atoms with E-state index in [-0.39, 0.29) is 17.0 Å². The zero-order valence-electron chi connectivity index (χ0n) is 9.37. The van der Waals surface area contributed by atoms with Crippen LogP contribution < -0.4 is 10.6 Å². The Kier molecular flexibility index (Phi) is 5.92. The normalized spacial score (nSPS) is 29.7. The van der Waals surface area contributed by atoms with E-state index in [0.717, 1.165) is 43.4 Å². The minimum Gasteiger partial charge on any atom is -0.387 e. The van der Waals surface area contributed by atoms with Crippen LogP contribution in [-0.4, -0.2) is 47.8 Å². The second-order valence-corrected chi connectivity index (χ2v) is 5.35. The molecule has 1 saturated heterocycles. The van der Waals surface area contributed by atoms with Gasteiger partial charge in [0, 0.05) is 25.4 Å². The Balaban J connectivity index is 0.00000128. The number of guanidine groups is 1. The standard InChI is InChI=1S/C10H19N3OS.BrH/c14-10(3-6-15-8-10)7-13-9-11-4-1-2-5-12-9;/h14H,1-8H2,(H2,11,12,13);1H. The van der Waals surface area contributed by atoms with Crippen molar-refractivity contribution in [3.63, 3.8) is 0 Å². The summed E-state index contributed by atoms with van der Waals surface area (Å²) >= 11 is 1.82. The zero-order valence-corrected chi connectivity index (χ0v) is 11.9. The minimum absolute atomic E-state index is 0. The van der Waals surface area contributed by atoms with Crippen molar-refractivity contribution in [3.05, 3.63) is 0 Å². The molecule has 0 aliphatic carbocycles. The SMILES string of the molecule is Br.OC1(CNC2=NCCCCN2)CCSC1. The number of aliphatic imine (C=N–C) groups is 1. The van der Waals surface area contributed by atoms with Gasteiger partial charge in [-0.25, -0.2) is 0 Å². The van der Waals surface area contributed by atoms with Gasteiger partial charge in [0.25, 0.3) is 0 Å². The molecular weight excluding hydrogens is 290 g/mol. The second kappa shape index (κ2) is 6.71. The van der Waals surface area contributed by atoms with Crippen LogP contribution in [0.1, 0.15) is 19.3 Å². The summed E-state index contributed by atoms with van der Waals surface area (Å²) in [6.07, 6.45) is 3.21. The van der Waals surface area contributed by atoms with Crippen molar-refractivity contribution in [3.8, 4) is 0 Å². The highest BCUT2D eigenvalue weighted by Gasteiger charge is 2.31. The van der Waals surface area contributed by atoms with Gasteiger partial charge in [-0.05, 0) is 25.0 Å². The molecule has 94 valence electrons. The van der Waals surface area contributed by atoms with Gasteiger partial charge in [-0.1, -0.05) is 0 Å². The molecule has 3 N–H and O–H groups in total. The fraction of sp³-hybridized carbons (Fsp3) is 0.900. The molecule has 0 amide bonds. The number of aliphatic hydroxyl groups is 1. The predicted molar refractivity (Wildman–Crippen MR) is 74.8 cm³/mol. The highest BCUT2D eigenvalue weighted by Crippen LogP contribution is 2.26. The summed E-state index contributed by atoms with van der Waals surface area (Å²) in [7, 11) is 0. The van der Waals surface area contributed by atoms with E-state index >= 15 is 0 Å². The molecule has 16 heavy (non-hydrogen) atoms. The largest absolute Gasteiger partial charge is 0.387 e. The van der Waals surface area contributed by atoms with Crippen molar-refractivity contribution in [2.45, 2.75) is 24.9 Å². The summed E-state index contributed by atoms with van der Waals surface area (Å²) in [4.78, 5) is 4.39. The molecule has 1 unspecified atom stereocenters. The van der Waals surface area contributed by atoms with Crippen molar-refractivity contribution in [1.29, 1.82) is 0 Å². The van der Waals surface area contributed by atoms with Crippen LogP contribution in [0.5, 0.6) is 0 Å². The number of hydrogen-bond donors (Lipinski definition) is 3. The Bertz CT molecular complexity index is 244. The second-order valence-electron chi connectivity index (χ2n) is 4.24. The Morgan fingerprint density at radius 1 is 1.50 bits per heavy atom. The van der Waals surface area contributed by atoms with Crippen molar-refractivity contribution in [2.75, 3.05) is 31.1 Å². The summed E-state index contributed by atoms with van der Waals surface area (Å²) in [5, 5.41) is 16.6. The van der Waals surface area contributed by atoms with Crippen LogP contribution in [0, 0.1) is 0 Å². The lowest BCUT2D eigenvalue weighted by Crippen LogP contribution is -2.47. The molecule has 0 aromatic heterocycles. The molecule has 2 heterocycles. The maximum Gasteiger partial charge on any atom is 0.191 e. The molecule has 2 aliphatic rings. The Labute approximate surface area is 111 Å². The average Bonchev–Trinajstić information content (AvgIpc) is 2.53. The zero-order chi connectivity index (χ0) is 10.6. The van der Waals surface area contributed by atoms with Gasteiger partial charge in [-0.3, -0.25) is 4.99 Å². The van der Waals surface area contributed by atoms with Crippen molar-refractivity contribution < 1.29 is 5.11 Å². The van der Waals surface area contributed by atoms with Crippen LogP contribution in [0.25, 0.3) is 0 Å². The molecule has 4 nitrogen and oxygen atoms in total. The molecule has 0 aromatic rings. The number of halogens is 1. The number of nitrogens with zero attached hydrogens (tertiary/aromatic N) is 1. The van der Waals surface area contributed by atoms with Crippen LogP contribution in [0.15, 0.2) is 4.99 Å². The first-order chi connectivity index (χ1) is 7.29. The molecule has 2 rings (SSSR count). The van der Waals surface area contributed by atoms with Gasteiger partial charge in [0.2, 0.25) is 0 Å². The quantitative estimate of drug-likeness (QED) is 0.705. The number of rotatable bonds is 2. The topological polar surface area (TPSA) is 56.6 Å². The van der Waals surface area contributed by atoms with Crippen molar-refractivity contribution in [1.82, 2.24) is 10.6 Å². The Morgan fingerprint density at radius 2 is 2.38 bits per heavy atom. The van der Waals surface area contributed by atoms with Crippen molar-refractivity contribution in [2.24, 2.45) is 4.99 Å². The average molecular weight is 310 g/mol. The Hall–Kier alpha value is 0.0600. The molecule has 6 heteroatoms.